The van der Waals surface area contributed by atoms with Crippen LogP contribution in [0.4, 0.5) is 0 Å². The number of nitrogens with zero attached hydrogens (tertiary/aromatic N) is 5. The highest BCUT2D eigenvalue weighted by Crippen LogP contribution is 2.41. The van der Waals surface area contributed by atoms with Gasteiger partial charge in [0.05, 0.1) is 22.1 Å². The Morgan fingerprint density at radius 3 is 1.65 bits per heavy atom. The zero-order valence-corrected chi connectivity index (χ0v) is 33.9. The molecule has 0 aliphatic heterocycles. The molecule has 0 amide bonds. The summed E-state index contributed by atoms with van der Waals surface area (Å²) in [4.78, 5) is 15.0. The maximum atomic E-state index is 5.04. The second-order valence-corrected chi connectivity index (χ2v) is 15.9. The van der Waals surface area contributed by atoms with E-state index in [0.717, 1.165) is 57.4 Å². The SMILES string of the molecule is C1=CCCC(n2c3ccccc3c3cc(-c4ccc(-n5c6ccccc6c6c(-c7cccc(-c8nc(-c9ccccc9)nc(-c9ccccc9)n8)c7)cccc65)cc4)ccc32)=C1. The van der Waals surface area contributed by atoms with Gasteiger partial charge >= 0.3 is 0 Å². The Bertz CT molecular complexity index is 3500. The third-order valence-corrected chi connectivity index (χ3v) is 12.2. The Labute approximate surface area is 359 Å². The van der Waals surface area contributed by atoms with Crippen LogP contribution in [0.25, 0.3) is 111 Å². The molecular weight excluding hydrogens is 755 g/mol. The molecule has 0 bridgehead atoms. The van der Waals surface area contributed by atoms with Crippen LogP contribution in [0.5, 0.6) is 0 Å². The second-order valence-electron chi connectivity index (χ2n) is 15.9. The van der Waals surface area contributed by atoms with Crippen LogP contribution in [0.1, 0.15) is 12.8 Å². The van der Waals surface area contributed by atoms with Crippen LogP contribution in [0.3, 0.4) is 0 Å². The first-order valence-electron chi connectivity index (χ1n) is 21.3. The molecule has 3 aromatic heterocycles. The molecule has 12 rings (SSSR count). The van der Waals surface area contributed by atoms with Crippen LogP contribution in [-0.4, -0.2) is 24.1 Å². The van der Waals surface area contributed by atoms with Crippen molar-refractivity contribution in [2.75, 3.05) is 0 Å². The highest BCUT2D eigenvalue weighted by Gasteiger charge is 2.19. The van der Waals surface area contributed by atoms with Crippen LogP contribution in [0, 0.1) is 0 Å². The highest BCUT2D eigenvalue weighted by molar-refractivity contribution is 6.16. The molecule has 1 aliphatic carbocycles. The van der Waals surface area contributed by atoms with Gasteiger partial charge in [-0.1, -0.05) is 158 Å². The average molecular weight is 794 g/mol. The van der Waals surface area contributed by atoms with E-state index in [4.69, 9.17) is 15.0 Å². The van der Waals surface area contributed by atoms with Crippen LogP contribution >= 0.6 is 0 Å². The number of benzene rings is 8. The van der Waals surface area contributed by atoms with E-state index in [9.17, 15) is 0 Å². The lowest BCUT2D eigenvalue weighted by atomic mass is 9.97. The Kier molecular flexibility index (Phi) is 8.56. The molecule has 11 aromatic rings. The molecule has 0 N–H and O–H groups in total. The van der Waals surface area contributed by atoms with E-state index in [1.54, 1.807) is 0 Å². The summed E-state index contributed by atoms with van der Waals surface area (Å²) in [5, 5.41) is 4.97. The molecule has 0 fully saturated rings. The molecule has 3 heterocycles. The fourth-order valence-corrected chi connectivity index (χ4v) is 9.34. The fraction of sp³-hybridized carbons (Fsp3) is 0.0351. The number of hydrogen-bond donors (Lipinski definition) is 0. The summed E-state index contributed by atoms with van der Waals surface area (Å²) in [5.41, 5.74) is 14.8. The van der Waals surface area contributed by atoms with E-state index in [1.165, 1.54) is 49.4 Å². The van der Waals surface area contributed by atoms with Crippen LogP contribution in [0.2, 0.25) is 0 Å². The molecule has 0 unspecified atom stereocenters. The first-order chi connectivity index (χ1) is 30.7. The third kappa shape index (κ3) is 6.05. The van der Waals surface area contributed by atoms with Crippen molar-refractivity contribution in [1.29, 1.82) is 0 Å². The number of rotatable bonds is 7. The summed E-state index contributed by atoms with van der Waals surface area (Å²) in [5.74, 6) is 1.93. The molecule has 62 heavy (non-hydrogen) atoms. The largest absolute Gasteiger partial charge is 0.313 e. The van der Waals surface area contributed by atoms with Crippen LogP contribution in [0.15, 0.2) is 212 Å². The number of para-hydroxylation sites is 2. The summed E-state index contributed by atoms with van der Waals surface area (Å²) in [6.45, 7) is 0. The van der Waals surface area contributed by atoms with Gasteiger partial charge in [0.25, 0.3) is 0 Å². The predicted octanol–water partition coefficient (Wildman–Crippen LogP) is 14.6. The first-order valence-corrected chi connectivity index (χ1v) is 21.3. The smallest absolute Gasteiger partial charge is 0.164 e. The maximum absolute atomic E-state index is 5.04. The summed E-state index contributed by atoms with van der Waals surface area (Å²) < 4.78 is 4.85. The monoisotopic (exact) mass is 793 g/mol. The Morgan fingerprint density at radius 1 is 0.371 bits per heavy atom. The van der Waals surface area contributed by atoms with Crippen molar-refractivity contribution < 1.29 is 0 Å². The van der Waals surface area contributed by atoms with Gasteiger partial charge in [-0.25, -0.2) is 15.0 Å². The lowest BCUT2D eigenvalue weighted by Gasteiger charge is -2.14. The molecule has 0 radical (unpaired) electrons. The number of hydrogen-bond acceptors (Lipinski definition) is 3. The Hall–Kier alpha value is -8.15. The van der Waals surface area contributed by atoms with E-state index >= 15 is 0 Å². The standard InChI is InChI=1S/C57H39N5/c1-4-16-39(17-5-1)55-58-56(40-18-6-2-7-19-40)60-57(59-55)43-21-14-20-42(36-43)46-26-15-29-53-54(46)48-25-11-13-28-51(48)62(53)45-33-30-38(31-34-45)41-32-35-52-49(37-41)47-24-10-12-27-50(47)61(52)44-22-8-3-9-23-44/h1-8,10-22,24-37H,9,23H2. The minimum absolute atomic E-state index is 0.637. The molecular formula is C57H39N5. The molecule has 292 valence electrons. The normalized spacial score (nSPS) is 12.7. The molecule has 5 heteroatoms. The zero-order chi connectivity index (χ0) is 41.0. The van der Waals surface area contributed by atoms with E-state index in [-0.39, 0.29) is 0 Å². The van der Waals surface area contributed by atoms with E-state index in [2.05, 4.69) is 161 Å². The van der Waals surface area contributed by atoms with E-state index in [0.29, 0.717) is 17.5 Å². The minimum atomic E-state index is 0.637. The van der Waals surface area contributed by atoms with E-state index < -0.39 is 0 Å². The topological polar surface area (TPSA) is 48.5 Å². The van der Waals surface area contributed by atoms with Gasteiger partial charge < -0.3 is 9.13 Å². The summed E-state index contributed by atoms with van der Waals surface area (Å²) >= 11 is 0. The van der Waals surface area contributed by atoms with Gasteiger partial charge in [0.2, 0.25) is 0 Å². The van der Waals surface area contributed by atoms with Crippen molar-refractivity contribution in [2.45, 2.75) is 12.8 Å². The lowest BCUT2D eigenvalue weighted by molar-refractivity contribution is 0.979. The number of fused-ring (bicyclic) bond motifs is 6. The molecule has 8 aromatic carbocycles. The molecule has 0 saturated carbocycles. The van der Waals surface area contributed by atoms with Crippen molar-refractivity contribution in [1.82, 2.24) is 24.1 Å². The summed E-state index contributed by atoms with van der Waals surface area (Å²) in [6, 6.07) is 69.0. The van der Waals surface area contributed by atoms with Crippen molar-refractivity contribution in [3.63, 3.8) is 0 Å². The Morgan fingerprint density at radius 2 is 0.935 bits per heavy atom. The van der Waals surface area contributed by atoms with Gasteiger partial charge in [0.1, 0.15) is 0 Å². The van der Waals surface area contributed by atoms with Crippen LogP contribution < -0.4 is 0 Å². The third-order valence-electron chi connectivity index (χ3n) is 12.2. The first kappa shape index (κ1) is 35.8. The van der Waals surface area contributed by atoms with Gasteiger partial charge in [-0.2, -0.15) is 0 Å². The number of allylic oxidation sites excluding steroid dienone is 4. The van der Waals surface area contributed by atoms with Crippen molar-refractivity contribution in [2.24, 2.45) is 0 Å². The number of aromatic nitrogens is 5. The average Bonchev–Trinajstić information content (AvgIpc) is 3.87. The van der Waals surface area contributed by atoms with Gasteiger partial charge in [0, 0.05) is 49.6 Å². The van der Waals surface area contributed by atoms with Crippen molar-refractivity contribution >= 4 is 49.3 Å². The molecule has 0 spiro atoms. The Balaban J connectivity index is 0.947. The van der Waals surface area contributed by atoms with Crippen LogP contribution in [-0.2, 0) is 0 Å². The van der Waals surface area contributed by atoms with Crippen molar-refractivity contribution in [3.05, 3.63) is 212 Å². The maximum Gasteiger partial charge on any atom is 0.164 e. The summed E-state index contributed by atoms with van der Waals surface area (Å²) in [6.07, 6.45) is 8.80. The predicted molar refractivity (Wildman–Crippen MR) is 257 cm³/mol. The fourth-order valence-electron chi connectivity index (χ4n) is 9.34. The van der Waals surface area contributed by atoms with Crippen molar-refractivity contribution in [3.8, 4) is 62.1 Å². The molecule has 1 aliphatic rings. The van der Waals surface area contributed by atoms with Gasteiger partial charge in [-0.15, -0.1) is 0 Å². The zero-order valence-electron chi connectivity index (χ0n) is 33.9. The minimum Gasteiger partial charge on any atom is -0.313 e. The molecule has 0 saturated heterocycles. The lowest BCUT2D eigenvalue weighted by Crippen LogP contribution is -2.00. The molecule has 0 atom stereocenters. The van der Waals surface area contributed by atoms with Gasteiger partial charge in [-0.05, 0) is 89.7 Å². The molecule has 5 nitrogen and oxygen atoms in total. The van der Waals surface area contributed by atoms with E-state index in [1.807, 2.05) is 60.7 Å². The van der Waals surface area contributed by atoms with Gasteiger partial charge in [-0.3, -0.25) is 0 Å². The second kappa shape index (κ2) is 14.8. The highest BCUT2D eigenvalue weighted by atomic mass is 15.0. The summed E-state index contributed by atoms with van der Waals surface area (Å²) in [7, 11) is 0. The quantitative estimate of drug-likeness (QED) is 0.161. The van der Waals surface area contributed by atoms with Gasteiger partial charge in [0.15, 0.2) is 17.5 Å².